The van der Waals surface area contributed by atoms with E-state index in [0.29, 0.717) is 0 Å². The van der Waals surface area contributed by atoms with E-state index in [-0.39, 0.29) is 55.8 Å². The summed E-state index contributed by atoms with van der Waals surface area (Å²) in [5.41, 5.74) is 0. The van der Waals surface area contributed by atoms with Crippen molar-refractivity contribution in [3.63, 3.8) is 0 Å². The highest BCUT2D eigenvalue weighted by Gasteiger charge is 2.46. The second-order valence-electron chi connectivity index (χ2n) is 26.4. The Morgan fingerprint density at radius 2 is 0.876 bits per heavy atom. The number of hydrogen-bond donors (Lipinski definition) is 7. The number of amides is 11. The first kappa shape index (κ1) is 80.3. The van der Waals surface area contributed by atoms with Gasteiger partial charge in [0, 0.05) is 49.2 Å². The quantitative estimate of drug-likeness (QED) is 0.0853. The molecule has 0 bridgehead atoms. The largest absolute Gasteiger partial charge is 0.460 e. The number of aliphatic hydroxyl groups is 2. The second kappa shape index (κ2) is 36.2. The van der Waals surface area contributed by atoms with Crippen LogP contribution in [0.1, 0.15) is 157 Å². The summed E-state index contributed by atoms with van der Waals surface area (Å²) in [6.45, 7) is 29.0. The van der Waals surface area contributed by atoms with Crippen molar-refractivity contribution in [2.75, 3.05) is 42.3 Å². The minimum atomic E-state index is -1.81. The number of esters is 1. The Hall–Kier alpha value is -6.70. The maximum absolute atomic E-state index is 15.2. The van der Waals surface area contributed by atoms with Crippen LogP contribution in [0, 0.1) is 35.5 Å². The molecule has 26 nitrogen and oxygen atoms in total. The van der Waals surface area contributed by atoms with E-state index in [0.717, 1.165) is 31.4 Å². The van der Waals surface area contributed by atoms with E-state index in [9.17, 15) is 58.2 Å². The highest BCUT2D eigenvalue weighted by atomic mass is 16.5. The molecule has 2 unspecified atom stereocenters. The maximum Gasteiger partial charge on any atom is 0.302 e. The van der Waals surface area contributed by atoms with Crippen molar-refractivity contribution in [1.82, 2.24) is 56.0 Å². The lowest BCUT2D eigenvalue weighted by atomic mass is 9.91. The van der Waals surface area contributed by atoms with E-state index in [2.05, 4.69) is 26.6 Å². The van der Waals surface area contributed by atoms with Gasteiger partial charge in [-0.15, -0.1) is 0 Å². The standard InChI is InChI=1S/C63H111N11O15/c1-25-26-27-37(12)52(77)51-57(82)68-48(42(17)89-43(18)76)62(87)69(19)40(15)59(84)73(23)50(41(16)75)56(81)67-44(28-32(2)3)60(85)71(21)46(30-34(6)7)54(79)64-38(13)53(78)65-39(14)58(83)70(20)47(31-35(8)9)55(80)66-45(29-33(4)5)61(86)72(22)49(36(10)11)63(88)74(51)24/h25-26,32-42,44-52,75,77H,27-31H2,1-24H3,(H,64,79)(H,65,78)(H,66,80)(H,67,81)(H,68,82)/t37-,38+,39-,40-,41?,42?,44+,45+,46+,47+,48+,49+,50+,51+,52-/m1/s1. The third-order valence-corrected chi connectivity index (χ3v) is 16.2. The van der Waals surface area contributed by atoms with Crippen molar-refractivity contribution in [3.8, 4) is 0 Å². The van der Waals surface area contributed by atoms with Crippen molar-refractivity contribution in [2.24, 2.45) is 35.5 Å². The van der Waals surface area contributed by atoms with Crippen molar-refractivity contribution in [2.45, 2.75) is 242 Å². The number of nitrogens with one attached hydrogen (secondary N) is 5. The van der Waals surface area contributed by atoms with Gasteiger partial charge >= 0.3 is 5.97 Å². The molecule has 7 N–H and O–H groups in total. The molecule has 0 radical (unpaired) electrons. The van der Waals surface area contributed by atoms with Gasteiger partial charge in [-0.3, -0.25) is 57.5 Å². The summed E-state index contributed by atoms with van der Waals surface area (Å²) in [4.78, 5) is 180. The normalized spacial score (nSPS) is 27.5. The lowest BCUT2D eigenvalue weighted by molar-refractivity contribution is -0.158. The number of rotatable bonds is 16. The third kappa shape index (κ3) is 22.9. The second-order valence-corrected chi connectivity index (χ2v) is 26.4. The number of carbonyl (C=O) groups is 12. The van der Waals surface area contributed by atoms with Crippen LogP contribution in [0.5, 0.6) is 0 Å². The number of carbonyl (C=O) groups excluding carboxylic acids is 12. The van der Waals surface area contributed by atoms with E-state index in [4.69, 9.17) is 4.74 Å². The Balaban J connectivity index is 4.47. The van der Waals surface area contributed by atoms with Crippen LogP contribution < -0.4 is 26.6 Å². The lowest BCUT2D eigenvalue weighted by Crippen LogP contribution is -2.65. The van der Waals surface area contributed by atoms with Gasteiger partial charge in [-0.1, -0.05) is 88.3 Å². The fraction of sp³-hybridized carbons (Fsp3) is 0.778. The zero-order chi connectivity index (χ0) is 69.1. The van der Waals surface area contributed by atoms with E-state index in [1.165, 1.54) is 81.8 Å². The molecule has 1 aliphatic rings. The number of likely N-dealkylation sites (N-methyl/N-ethyl adjacent to an activating group) is 6. The predicted molar refractivity (Wildman–Crippen MR) is 336 cm³/mol. The molecule has 1 heterocycles. The number of aliphatic hydroxyl groups excluding tert-OH is 2. The average molecular weight is 1260 g/mol. The molecule has 508 valence electrons. The average Bonchev–Trinajstić information content (AvgIpc) is 1.23. The van der Waals surface area contributed by atoms with E-state index >= 15 is 9.59 Å². The highest BCUT2D eigenvalue weighted by Crippen LogP contribution is 2.24. The van der Waals surface area contributed by atoms with Crippen molar-refractivity contribution >= 4 is 70.9 Å². The summed E-state index contributed by atoms with van der Waals surface area (Å²) >= 11 is 0. The summed E-state index contributed by atoms with van der Waals surface area (Å²) in [6.07, 6.45) is -0.716. The molecular formula is C63H111N11O15. The van der Waals surface area contributed by atoms with Gasteiger partial charge in [0.2, 0.25) is 65.0 Å². The minimum absolute atomic E-state index is 0.0256. The van der Waals surface area contributed by atoms with Gasteiger partial charge < -0.3 is 70.9 Å². The Morgan fingerprint density at radius 3 is 1.31 bits per heavy atom. The van der Waals surface area contributed by atoms with Gasteiger partial charge in [0.1, 0.15) is 72.6 Å². The van der Waals surface area contributed by atoms with Gasteiger partial charge in [0.25, 0.3) is 0 Å². The van der Waals surface area contributed by atoms with Gasteiger partial charge in [0.05, 0.1) is 12.2 Å². The molecule has 0 spiro atoms. The number of allylic oxidation sites excluding steroid dienone is 2. The van der Waals surface area contributed by atoms with Crippen molar-refractivity contribution in [3.05, 3.63) is 12.2 Å². The molecule has 1 saturated heterocycles. The van der Waals surface area contributed by atoms with E-state index in [1.807, 2.05) is 41.5 Å². The molecule has 26 heteroatoms. The molecule has 0 saturated carbocycles. The molecule has 89 heavy (non-hydrogen) atoms. The molecule has 1 fully saturated rings. The molecule has 0 aliphatic carbocycles. The summed E-state index contributed by atoms with van der Waals surface area (Å²) in [5.74, 6) is -12.2. The smallest absolute Gasteiger partial charge is 0.302 e. The fourth-order valence-electron chi connectivity index (χ4n) is 11.0. The van der Waals surface area contributed by atoms with Gasteiger partial charge in [-0.2, -0.15) is 0 Å². The highest BCUT2D eigenvalue weighted by molar-refractivity contribution is 6.00. The number of hydrogen-bond acceptors (Lipinski definition) is 15. The minimum Gasteiger partial charge on any atom is -0.460 e. The van der Waals surface area contributed by atoms with Crippen LogP contribution in [0.25, 0.3) is 0 Å². The summed E-state index contributed by atoms with van der Waals surface area (Å²) in [7, 11) is 7.80. The first-order valence-corrected chi connectivity index (χ1v) is 31.2. The molecular weight excluding hydrogens is 1150 g/mol. The summed E-state index contributed by atoms with van der Waals surface area (Å²) < 4.78 is 5.47. The molecule has 0 aromatic rings. The summed E-state index contributed by atoms with van der Waals surface area (Å²) in [6, 6.07) is -15.7. The zero-order valence-corrected chi connectivity index (χ0v) is 57.6. The van der Waals surface area contributed by atoms with Crippen molar-refractivity contribution < 1.29 is 72.5 Å². The van der Waals surface area contributed by atoms with Crippen LogP contribution in [0.4, 0.5) is 0 Å². The van der Waals surface area contributed by atoms with Crippen LogP contribution in [0.15, 0.2) is 12.2 Å². The Bertz CT molecular complexity index is 2490. The maximum atomic E-state index is 15.2. The SMILES string of the molecule is CC=CC[C@@H](C)[C@@H](O)[C@H]1C(=O)N[C@@H](C(C)OC(C)=O)C(=O)N(C)[C@H](C)C(=O)N(C)[C@@H](C(C)O)C(=O)N[C@@H](CC(C)C)C(=O)N(C)[C@@H](CC(C)C)C(=O)N[C@@H](C)C(=O)N[C@H](C)C(=O)N(C)[C@@H](CC(C)C)C(=O)N[C@@H](CC(C)C)C(=O)N(C)[C@@H](C(C)C)C(=O)N1C. The Kier molecular flexibility index (Phi) is 32.7. The van der Waals surface area contributed by atoms with Gasteiger partial charge in [-0.05, 0) is 109 Å². The molecule has 0 aromatic carbocycles. The number of nitrogens with zero attached hydrogens (tertiary/aromatic N) is 6. The first-order chi connectivity index (χ1) is 41.0. The Labute approximate surface area is 529 Å². The number of ether oxygens (including phenoxy) is 1. The lowest BCUT2D eigenvalue weighted by Gasteiger charge is -2.40. The predicted octanol–water partition coefficient (Wildman–Crippen LogP) is 1.58. The topological polar surface area (TPSA) is 334 Å². The van der Waals surface area contributed by atoms with Crippen LogP contribution in [-0.4, -0.2) is 238 Å². The van der Waals surface area contributed by atoms with Crippen LogP contribution >= 0.6 is 0 Å². The van der Waals surface area contributed by atoms with Crippen LogP contribution in [-0.2, 0) is 62.3 Å². The Morgan fingerprint density at radius 1 is 0.472 bits per heavy atom. The third-order valence-electron chi connectivity index (χ3n) is 16.2. The molecule has 1 aliphatic heterocycles. The van der Waals surface area contributed by atoms with Gasteiger partial charge in [-0.25, -0.2) is 0 Å². The van der Waals surface area contributed by atoms with Crippen LogP contribution in [0.3, 0.4) is 0 Å². The monoisotopic (exact) mass is 1260 g/mol. The molecule has 15 atom stereocenters. The fourth-order valence-corrected chi connectivity index (χ4v) is 11.0. The summed E-state index contributed by atoms with van der Waals surface area (Å²) in [5, 5.41) is 36.8. The van der Waals surface area contributed by atoms with E-state index in [1.54, 1.807) is 53.7 Å². The first-order valence-electron chi connectivity index (χ1n) is 31.2. The molecule has 0 aromatic heterocycles. The van der Waals surface area contributed by atoms with Crippen molar-refractivity contribution in [1.29, 1.82) is 0 Å². The van der Waals surface area contributed by atoms with Crippen LogP contribution in [0.2, 0.25) is 0 Å². The zero-order valence-electron chi connectivity index (χ0n) is 57.6. The van der Waals surface area contributed by atoms with Gasteiger partial charge in [0.15, 0.2) is 0 Å². The molecule has 1 rings (SSSR count). The molecule has 11 amide bonds. The van der Waals surface area contributed by atoms with E-state index < -0.39 is 168 Å².